The van der Waals surface area contributed by atoms with Crippen molar-refractivity contribution in [2.45, 2.75) is 13.8 Å². The maximum atomic E-state index is 12.6. The zero-order valence-electron chi connectivity index (χ0n) is 20.2. The number of hydrogen-bond acceptors (Lipinski definition) is 7. The number of hydrogen-bond donors (Lipinski definition) is 0. The van der Waals surface area contributed by atoms with Gasteiger partial charge in [-0.2, -0.15) is 5.26 Å². The highest BCUT2D eigenvalue weighted by Crippen LogP contribution is 2.28. The van der Waals surface area contributed by atoms with Crippen LogP contribution in [0.15, 0.2) is 54.1 Å². The molecule has 0 bridgehead atoms. The van der Waals surface area contributed by atoms with Gasteiger partial charge in [-0.25, -0.2) is 4.79 Å². The average molecular weight is 475 g/mol. The molecule has 0 amide bonds. The van der Waals surface area contributed by atoms with Crippen LogP contribution in [0, 0.1) is 25.2 Å². The fraction of sp³-hybridized carbons (Fsp3) is 0.222. The maximum absolute atomic E-state index is 12.6. The molecular formula is C27H26N2O6. The molecule has 8 heteroatoms. The lowest BCUT2D eigenvalue weighted by Crippen LogP contribution is -2.15. The predicted octanol–water partition coefficient (Wildman–Crippen LogP) is 4.45. The van der Waals surface area contributed by atoms with E-state index in [2.05, 4.69) is 0 Å². The summed E-state index contributed by atoms with van der Waals surface area (Å²) in [4.78, 5) is 25.1. The third kappa shape index (κ3) is 5.53. The Labute approximate surface area is 203 Å². The van der Waals surface area contributed by atoms with Crippen LogP contribution in [0.25, 0.3) is 11.8 Å². The largest absolute Gasteiger partial charge is 0.497 e. The van der Waals surface area contributed by atoms with Gasteiger partial charge >= 0.3 is 5.97 Å². The van der Waals surface area contributed by atoms with Crippen molar-refractivity contribution in [2.75, 3.05) is 27.9 Å². The van der Waals surface area contributed by atoms with Crippen molar-refractivity contribution >= 4 is 17.8 Å². The van der Waals surface area contributed by atoms with E-state index in [9.17, 15) is 14.9 Å². The lowest BCUT2D eigenvalue weighted by Gasteiger charge is -2.10. The highest BCUT2D eigenvalue weighted by atomic mass is 16.5. The molecule has 0 N–H and O–H groups in total. The van der Waals surface area contributed by atoms with E-state index in [-0.39, 0.29) is 5.57 Å². The van der Waals surface area contributed by atoms with Crippen molar-refractivity contribution in [3.63, 3.8) is 0 Å². The number of ketones is 1. The van der Waals surface area contributed by atoms with Crippen LogP contribution in [-0.2, 0) is 9.53 Å². The van der Waals surface area contributed by atoms with Gasteiger partial charge in [0.15, 0.2) is 23.9 Å². The summed E-state index contributed by atoms with van der Waals surface area (Å²) >= 11 is 0. The van der Waals surface area contributed by atoms with Crippen molar-refractivity contribution in [2.24, 2.45) is 0 Å². The maximum Gasteiger partial charge on any atom is 0.349 e. The minimum Gasteiger partial charge on any atom is -0.497 e. The molecule has 8 nitrogen and oxygen atoms in total. The number of Topliss-reactive ketones (excluding diaryl/α,β-unsaturated/α-hetero) is 1. The van der Waals surface area contributed by atoms with Gasteiger partial charge in [-0.05, 0) is 74.0 Å². The lowest BCUT2D eigenvalue weighted by atomic mass is 10.1. The number of methoxy groups -OCH3 is 3. The number of ether oxygens (including phenoxy) is 4. The smallest absolute Gasteiger partial charge is 0.349 e. The molecular weight excluding hydrogens is 448 g/mol. The Balaban J connectivity index is 1.77. The molecule has 0 unspecified atom stereocenters. The SMILES string of the molecule is COc1ccc(-n2c(C)cc(/C=C(\C#N)C(=O)OCC(=O)c3ccc(OC)c(OC)c3)c2C)cc1. The Morgan fingerprint density at radius 3 is 2.23 bits per heavy atom. The molecule has 0 spiro atoms. The van der Waals surface area contributed by atoms with E-state index in [1.165, 1.54) is 26.4 Å². The Hall–Kier alpha value is -4.51. The summed E-state index contributed by atoms with van der Waals surface area (Å²) in [5.41, 5.74) is 3.46. The van der Waals surface area contributed by atoms with Crippen LogP contribution in [0.5, 0.6) is 17.2 Å². The molecule has 0 aliphatic carbocycles. The van der Waals surface area contributed by atoms with Gasteiger partial charge < -0.3 is 23.5 Å². The van der Waals surface area contributed by atoms with E-state index in [0.717, 1.165) is 22.8 Å². The molecule has 3 aromatic rings. The molecule has 1 aromatic heterocycles. The third-order valence-electron chi connectivity index (χ3n) is 5.48. The zero-order valence-corrected chi connectivity index (χ0v) is 20.2. The number of esters is 1. The van der Waals surface area contributed by atoms with Crippen LogP contribution < -0.4 is 14.2 Å². The molecule has 0 aliphatic rings. The average Bonchev–Trinajstić information content (AvgIpc) is 3.17. The fourth-order valence-corrected chi connectivity index (χ4v) is 3.66. The van der Waals surface area contributed by atoms with Gasteiger partial charge in [-0.15, -0.1) is 0 Å². The summed E-state index contributed by atoms with van der Waals surface area (Å²) in [5, 5.41) is 9.55. The van der Waals surface area contributed by atoms with Crippen LogP contribution in [0.1, 0.15) is 27.3 Å². The van der Waals surface area contributed by atoms with Crippen LogP contribution in [-0.4, -0.2) is 44.3 Å². The van der Waals surface area contributed by atoms with E-state index in [4.69, 9.17) is 18.9 Å². The molecule has 0 saturated carbocycles. The van der Waals surface area contributed by atoms with E-state index >= 15 is 0 Å². The summed E-state index contributed by atoms with van der Waals surface area (Å²) in [6, 6.07) is 15.9. The molecule has 0 atom stereocenters. The number of carbonyl (C=O) groups is 2. The van der Waals surface area contributed by atoms with Gasteiger partial charge in [0.1, 0.15) is 17.4 Å². The van der Waals surface area contributed by atoms with Crippen LogP contribution >= 0.6 is 0 Å². The van der Waals surface area contributed by atoms with E-state index in [0.29, 0.717) is 22.6 Å². The molecule has 35 heavy (non-hydrogen) atoms. The predicted molar refractivity (Wildman–Crippen MR) is 130 cm³/mol. The Bertz CT molecular complexity index is 1310. The topological polar surface area (TPSA) is 99.8 Å². The van der Waals surface area contributed by atoms with Crippen molar-refractivity contribution < 1.29 is 28.5 Å². The summed E-state index contributed by atoms with van der Waals surface area (Å²) in [6.07, 6.45) is 1.46. The molecule has 0 radical (unpaired) electrons. The first kappa shape index (κ1) is 25.1. The molecule has 0 saturated heterocycles. The minimum absolute atomic E-state index is 0.208. The Kier molecular flexibility index (Phi) is 7.95. The number of benzene rings is 2. The van der Waals surface area contributed by atoms with Gasteiger partial charge in [0.05, 0.1) is 21.3 Å². The van der Waals surface area contributed by atoms with Crippen LogP contribution in [0.4, 0.5) is 0 Å². The minimum atomic E-state index is -0.879. The van der Waals surface area contributed by atoms with Gasteiger partial charge in [0.25, 0.3) is 0 Å². The van der Waals surface area contributed by atoms with E-state index in [1.54, 1.807) is 19.2 Å². The highest BCUT2D eigenvalue weighted by Gasteiger charge is 2.18. The van der Waals surface area contributed by atoms with E-state index < -0.39 is 18.4 Å². The van der Waals surface area contributed by atoms with Crippen molar-refractivity contribution in [3.05, 3.63) is 76.6 Å². The van der Waals surface area contributed by atoms with Gasteiger partial charge in [-0.3, -0.25) is 4.79 Å². The van der Waals surface area contributed by atoms with Crippen molar-refractivity contribution in [1.29, 1.82) is 5.26 Å². The molecule has 180 valence electrons. The summed E-state index contributed by atoms with van der Waals surface area (Å²) in [6.45, 7) is 3.31. The van der Waals surface area contributed by atoms with Crippen molar-refractivity contribution in [1.82, 2.24) is 4.57 Å². The number of nitriles is 1. The molecule has 0 aliphatic heterocycles. The van der Waals surface area contributed by atoms with Gasteiger partial charge in [0.2, 0.25) is 0 Å². The number of aryl methyl sites for hydroxylation is 1. The molecule has 1 heterocycles. The summed E-state index contributed by atoms with van der Waals surface area (Å²) in [5.74, 6) is 0.288. The number of rotatable bonds is 9. The molecule has 3 rings (SSSR count). The number of aromatic nitrogens is 1. The summed E-state index contributed by atoms with van der Waals surface area (Å²) in [7, 11) is 4.56. The van der Waals surface area contributed by atoms with E-state index in [1.807, 2.05) is 54.8 Å². The lowest BCUT2D eigenvalue weighted by molar-refractivity contribution is -0.137. The number of nitrogens with zero attached hydrogens (tertiary/aromatic N) is 2. The first-order valence-corrected chi connectivity index (χ1v) is 10.7. The molecule has 0 fully saturated rings. The second-order valence-corrected chi connectivity index (χ2v) is 7.60. The summed E-state index contributed by atoms with van der Waals surface area (Å²) < 4.78 is 22.7. The highest BCUT2D eigenvalue weighted by molar-refractivity contribution is 6.02. The fourth-order valence-electron chi connectivity index (χ4n) is 3.66. The monoisotopic (exact) mass is 474 g/mol. The second-order valence-electron chi connectivity index (χ2n) is 7.60. The van der Waals surface area contributed by atoms with Crippen LogP contribution in [0.3, 0.4) is 0 Å². The van der Waals surface area contributed by atoms with Crippen LogP contribution in [0.2, 0.25) is 0 Å². The zero-order chi connectivity index (χ0) is 25.5. The quantitative estimate of drug-likeness (QED) is 0.195. The second kappa shape index (κ2) is 11.1. The number of carbonyl (C=O) groups excluding carboxylic acids is 2. The third-order valence-corrected chi connectivity index (χ3v) is 5.48. The first-order valence-electron chi connectivity index (χ1n) is 10.7. The van der Waals surface area contributed by atoms with Gasteiger partial charge in [0, 0.05) is 22.6 Å². The standard InChI is InChI=1S/C27H26N2O6/c1-17-12-20(18(2)29(17)22-7-9-23(32-3)10-8-22)13-21(15-28)27(31)35-16-24(30)19-6-11-25(33-4)26(14-19)34-5/h6-14H,16H2,1-5H3/b21-13+. The van der Waals surface area contributed by atoms with Gasteiger partial charge in [-0.1, -0.05) is 0 Å². The van der Waals surface area contributed by atoms with Crippen molar-refractivity contribution in [3.8, 4) is 29.0 Å². The first-order chi connectivity index (χ1) is 16.8. The molecule has 2 aromatic carbocycles. The Morgan fingerprint density at radius 2 is 1.63 bits per heavy atom. The normalized spacial score (nSPS) is 10.9. The Morgan fingerprint density at radius 1 is 0.943 bits per heavy atom.